The van der Waals surface area contributed by atoms with Crippen LogP contribution in [0.5, 0.6) is 5.75 Å². The molecule has 6 heteroatoms. The van der Waals surface area contributed by atoms with Gasteiger partial charge in [0.2, 0.25) is 5.78 Å². The minimum absolute atomic E-state index is 0.0703. The average Bonchev–Trinajstić information content (AvgIpc) is 2.86. The van der Waals surface area contributed by atoms with Crippen LogP contribution in [0.2, 0.25) is 4.34 Å². The molecule has 0 radical (unpaired) electrons. The van der Waals surface area contributed by atoms with Crippen molar-refractivity contribution in [2.24, 2.45) is 0 Å². The first-order chi connectivity index (χ1) is 9.51. The SMILES string of the molecule is CC(Oc1ccc(C=O)cc1F)C(=O)c1ccc(Cl)s1. The van der Waals surface area contributed by atoms with Crippen LogP contribution in [0.15, 0.2) is 30.3 Å². The molecule has 0 spiro atoms. The van der Waals surface area contributed by atoms with Gasteiger partial charge in [-0.3, -0.25) is 9.59 Å². The summed E-state index contributed by atoms with van der Waals surface area (Å²) in [5.41, 5.74) is 0.207. The van der Waals surface area contributed by atoms with Crippen molar-refractivity contribution in [3.05, 3.63) is 50.9 Å². The number of halogens is 2. The summed E-state index contributed by atoms with van der Waals surface area (Å²) in [6, 6.07) is 7.02. The molecule has 1 unspecified atom stereocenters. The molecule has 0 aliphatic heterocycles. The van der Waals surface area contributed by atoms with E-state index in [1.165, 1.54) is 19.1 Å². The van der Waals surface area contributed by atoms with Crippen molar-refractivity contribution in [1.82, 2.24) is 0 Å². The third-order valence-corrected chi connectivity index (χ3v) is 3.83. The van der Waals surface area contributed by atoms with E-state index in [1.807, 2.05) is 0 Å². The Bertz CT molecular complexity index is 654. The Kier molecular flexibility index (Phi) is 4.52. The molecule has 0 N–H and O–H groups in total. The second-order valence-electron chi connectivity index (χ2n) is 4.04. The molecule has 1 atom stereocenters. The number of aldehydes is 1. The topological polar surface area (TPSA) is 43.4 Å². The Morgan fingerprint density at radius 3 is 2.70 bits per heavy atom. The van der Waals surface area contributed by atoms with Gasteiger partial charge in [0.25, 0.3) is 0 Å². The van der Waals surface area contributed by atoms with E-state index in [4.69, 9.17) is 16.3 Å². The summed E-state index contributed by atoms with van der Waals surface area (Å²) in [5, 5.41) is 0. The second-order valence-corrected chi connectivity index (χ2v) is 5.75. The lowest BCUT2D eigenvalue weighted by atomic mass is 10.2. The van der Waals surface area contributed by atoms with Crippen LogP contribution < -0.4 is 4.74 Å². The molecule has 0 amide bonds. The molecule has 0 saturated carbocycles. The molecule has 0 saturated heterocycles. The van der Waals surface area contributed by atoms with Gasteiger partial charge < -0.3 is 4.74 Å². The summed E-state index contributed by atoms with van der Waals surface area (Å²) in [6.07, 6.45) is -0.309. The van der Waals surface area contributed by atoms with Gasteiger partial charge in [0, 0.05) is 5.56 Å². The summed E-state index contributed by atoms with van der Waals surface area (Å²) in [4.78, 5) is 23.0. The number of ether oxygens (including phenoxy) is 1. The third kappa shape index (κ3) is 3.23. The number of hydrogen-bond acceptors (Lipinski definition) is 4. The molecule has 104 valence electrons. The quantitative estimate of drug-likeness (QED) is 0.619. The number of rotatable bonds is 5. The van der Waals surface area contributed by atoms with Gasteiger partial charge in [-0.1, -0.05) is 11.6 Å². The monoisotopic (exact) mass is 312 g/mol. The Labute approximate surface area is 123 Å². The molecule has 2 aromatic rings. The van der Waals surface area contributed by atoms with Crippen molar-refractivity contribution >= 4 is 35.0 Å². The van der Waals surface area contributed by atoms with Crippen LogP contribution in [0, 0.1) is 5.82 Å². The standard InChI is InChI=1S/C14H10ClFO3S/c1-8(14(18)12-4-5-13(15)20-12)19-11-3-2-9(7-17)6-10(11)16/h2-8H,1H3. The molecule has 3 nitrogen and oxygen atoms in total. The van der Waals surface area contributed by atoms with E-state index in [1.54, 1.807) is 12.1 Å². The minimum atomic E-state index is -0.846. The lowest BCUT2D eigenvalue weighted by Gasteiger charge is -2.13. The number of Topliss-reactive ketones (excluding diaryl/α,β-unsaturated/α-hetero) is 1. The number of carbonyl (C=O) groups is 2. The van der Waals surface area contributed by atoms with Gasteiger partial charge in [0.15, 0.2) is 17.7 Å². The molecule has 20 heavy (non-hydrogen) atoms. The highest BCUT2D eigenvalue weighted by molar-refractivity contribution is 7.18. The third-order valence-electron chi connectivity index (χ3n) is 2.58. The first-order valence-corrected chi connectivity index (χ1v) is 6.91. The maximum Gasteiger partial charge on any atom is 0.212 e. The van der Waals surface area contributed by atoms with Crippen LogP contribution >= 0.6 is 22.9 Å². The summed E-state index contributed by atoms with van der Waals surface area (Å²) in [6.45, 7) is 1.53. The molecular weight excluding hydrogens is 303 g/mol. The predicted molar refractivity (Wildman–Crippen MR) is 75.5 cm³/mol. The zero-order chi connectivity index (χ0) is 14.7. The molecular formula is C14H10ClFO3S. The summed E-state index contributed by atoms with van der Waals surface area (Å²) in [5.74, 6) is -1.03. The van der Waals surface area contributed by atoms with Crippen molar-refractivity contribution in [2.45, 2.75) is 13.0 Å². The van der Waals surface area contributed by atoms with E-state index >= 15 is 0 Å². The predicted octanol–water partition coefficient (Wildman–Crippen LogP) is 4.00. The van der Waals surface area contributed by atoms with E-state index < -0.39 is 11.9 Å². The van der Waals surface area contributed by atoms with Crippen molar-refractivity contribution in [1.29, 1.82) is 0 Å². The molecule has 1 aromatic heterocycles. The highest BCUT2D eigenvalue weighted by Gasteiger charge is 2.20. The molecule has 2 rings (SSSR count). The number of ketones is 1. The van der Waals surface area contributed by atoms with Crippen LogP contribution in [0.3, 0.4) is 0 Å². The van der Waals surface area contributed by atoms with Crippen LogP contribution in [-0.4, -0.2) is 18.2 Å². The van der Waals surface area contributed by atoms with E-state index in [2.05, 4.69) is 0 Å². The van der Waals surface area contributed by atoms with Gasteiger partial charge in [-0.05, 0) is 37.3 Å². The van der Waals surface area contributed by atoms with Gasteiger partial charge in [-0.25, -0.2) is 4.39 Å². The smallest absolute Gasteiger partial charge is 0.212 e. The highest BCUT2D eigenvalue weighted by atomic mass is 35.5. The lowest BCUT2D eigenvalue weighted by Crippen LogP contribution is -2.23. The van der Waals surface area contributed by atoms with Gasteiger partial charge in [-0.2, -0.15) is 0 Å². The van der Waals surface area contributed by atoms with E-state index in [0.717, 1.165) is 17.4 Å². The first kappa shape index (κ1) is 14.7. The summed E-state index contributed by atoms with van der Waals surface area (Å²) in [7, 11) is 0. The Hall–Kier alpha value is -1.72. The zero-order valence-corrected chi connectivity index (χ0v) is 12.0. The van der Waals surface area contributed by atoms with Crippen LogP contribution in [0.4, 0.5) is 4.39 Å². The molecule has 1 heterocycles. The van der Waals surface area contributed by atoms with Gasteiger partial charge in [-0.15, -0.1) is 11.3 Å². The second kappa shape index (κ2) is 6.15. The lowest BCUT2D eigenvalue weighted by molar-refractivity contribution is 0.0816. The fraction of sp³-hybridized carbons (Fsp3) is 0.143. The fourth-order valence-corrected chi connectivity index (χ4v) is 2.64. The zero-order valence-electron chi connectivity index (χ0n) is 10.4. The fourth-order valence-electron chi connectivity index (χ4n) is 1.58. The highest BCUT2D eigenvalue weighted by Crippen LogP contribution is 2.25. The van der Waals surface area contributed by atoms with Crippen LogP contribution in [-0.2, 0) is 0 Å². The van der Waals surface area contributed by atoms with Crippen LogP contribution in [0.25, 0.3) is 0 Å². The van der Waals surface area contributed by atoms with Gasteiger partial charge >= 0.3 is 0 Å². The number of carbonyl (C=O) groups excluding carboxylic acids is 2. The molecule has 0 aliphatic carbocycles. The summed E-state index contributed by atoms with van der Waals surface area (Å²) < 4.78 is 19.4. The van der Waals surface area contributed by atoms with E-state index in [9.17, 15) is 14.0 Å². The van der Waals surface area contributed by atoms with Gasteiger partial charge in [0.1, 0.15) is 6.29 Å². The molecule has 0 aliphatic rings. The average molecular weight is 313 g/mol. The van der Waals surface area contributed by atoms with E-state index in [0.29, 0.717) is 15.5 Å². The Morgan fingerprint density at radius 1 is 1.40 bits per heavy atom. The normalized spacial score (nSPS) is 11.9. The maximum atomic E-state index is 13.7. The number of benzene rings is 1. The maximum absolute atomic E-state index is 13.7. The van der Waals surface area contributed by atoms with Crippen molar-refractivity contribution in [2.75, 3.05) is 0 Å². The first-order valence-electron chi connectivity index (χ1n) is 5.72. The summed E-state index contributed by atoms with van der Waals surface area (Å²) >= 11 is 6.90. The van der Waals surface area contributed by atoms with E-state index in [-0.39, 0.29) is 17.1 Å². The van der Waals surface area contributed by atoms with Crippen molar-refractivity contribution in [3.8, 4) is 5.75 Å². The largest absolute Gasteiger partial charge is 0.479 e. The van der Waals surface area contributed by atoms with Crippen molar-refractivity contribution < 1.29 is 18.7 Å². The molecule has 0 bridgehead atoms. The number of thiophene rings is 1. The Morgan fingerprint density at radius 2 is 2.15 bits per heavy atom. The minimum Gasteiger partial charge on any atom is -0.479 e. The molecule has 0 fully saturated rings. The van der Waals surface area contributed by atoms with Gasteiger partial charge in [0.05, 0.1) is 9.21 Å². The number of hydrogen-bond donors (Lipinski definition) is 0. The van der Waals surface area contributed by atoms with Crippen molar-refractivity contribution in [3.63, 3.8) is 0 Å². The van der Waals surface area contributed by atoms with Crippen LogP contribution in [0.1, 0.15) is 27.0 Å². The Balaban J connectivity index is 2.13. The molecule has 1 aromatic carbocycles.